The summed E-state index contributed by atoms with van der Waals surface area (Å²) in [6.45, 7) is 13.4. The van der Waals surface area contributed by atoms with E-state index < -0.39 is 29.4 Å². The van der Waals surface area contributed by atoms with Gasteiger partial charge in [-0.15, -0.1) is 4.99 Å². The summed E-state index contributed by atoms with van der Waals surface area (Å²) >= 11 is 0. The molecule has 0 radical (unpaired) electrons. The lowest BCUT2D eigenvalue weighted by molar-refractivity contribution is 0.0242. The largest absolute Gasteiger partial charge is 0.493 e. The summed E-state index contributed by atoms with van der Waals surface area (Å²) in [5.41, 5.74) is 0.937. The number of carbonyl (C=O) groups is 3. The summed E-state index contributed by atoms with van der Waals surface area (Å²) in [4.78, 5) is 42.6. The number of nitrogens with zero attached hydrogens (tertiary/aromatic N) is 1. The van der Waals surface area contributed by atoms with Crippen LogP contribution in [-0.4, -0.2) is 48.0 Å². The second kappa shape index (κ2) is 20.8. The average molecular weight is 718 g/mol. The average Bonchev–Trinajstić information content (AvgIpc) is 3.07. The molecule has 0 heterocycles. The van der Waals surface area contributed by atoms with Gasteiger partial charge >= 0.3 is 18.2 Å². The minimum absolute atomic E-state index is 0.0595. The Morgan fingerprint density at radius 3 is 1.98 bits per heavy atom. The molecular formula is C41H55N3O8. The van der Waals surface area contributed by atoms with Gasteiger partial charge in [0.2, 0.25) is 5.96 Å². The number of hydrogen-bond acceptors (Lipinski definition) is 8. The van der Waals surface area contributed by atoms with Crippen LogP contribution in [0, 0.1) is 0 Å². The molecule has 52 heavy (non-hydrogen) atoms. The van der Waals surface area contributed by atoms with E-state index in [2.05, 4.69) is 34.7 Å². The topological polar surface area (TPSA) is 134 Å². The van der Waals surface area contributed by atoms with Crippen molar-refractivity contribution in [2.24, 2.45) is 4.99 Å². The summed E-state index contributed by atoms with van der Waals surface area (Å²) in [7, 11) is 0. The van der Waals surface area contributed by atoms with Crippen molar-refractivity contribution < 1.29 is 38.1 Å². The van der Waals surface area contributed by atoms with Crippen molar-refractivity contribution in [2.45, 2.75) is 118 Å². The van der Waals surface area contributed by atoms with E-state index >= 15 is 0 Å². The fraction of sp³-hybridized carbons (Fsp3) is 0.463. The lowest BCUT2D eigenvalue weighted by atomic mass is 10.1. The van der Waals surface area contributed by atoms with Crippen molar-refractivity contribution in [1.29, 1.82) is 0 Å². The molecule has 11 heteroatoms. The molecule has 0 saturated heterocycles. The standard InChI is InChI=1S/C41H55N3O8/c1-8-9-12-22-33(49-28-30-18-13-10-14-19-30)23-17-26-48-35-27-32(24-25-34(35)36(45)50-29-31-20-15-11-16-21-31)42-37(43-38(46)51-40(2,3)4)44-39(47)52-41(5,6)7/h10-11,13-16,18-21,24-25,27,33H,8-9,12,17,22-23,26,28-29H2,1-7H3,(H2,42,43,44,46,47). The Morgan fingerprint density at radius 2 is 1.37 bits per heavy atom. The van der Waals surface area contributed by atoms with Gasteiger partial charge in [0.25, 0.3) is 0 Å². The summed E-state index contributed by atoms with van der Waals surface area (Å²) in [5, 5.41) is 5.41. The number of aliphatic imine (C=N–C) groups is 1. The van der Waals surface area contributed by atoms with Gasteiger partial charge in [0.05, 0.1) is 19.3 Å². The highest BCUT2D eigenvalue weighted by Crippen LogP contribution is 2.26. The number of ether oxygens (including phenoxy) is 5. The summed E-state index contributed by atoms with van der Waals surface area (Å²) in [6.07, 6.45) is 4.03. The van der Waals surface area contributed by atoms with Gasteiger partial charge in [-0.25, -0.2) is 14.4 Å². The maximum absolute atomic E-state index is 13.3. The second-order valence-corrected chi connectivity index (χ2v) is 14.4. The van der Waals surface area contributed by atoms with Gasteiger partial charge in [-0.1, -0.05) is 86.8 Å². The van der Waals surface area contributed by atoms with Crippen LogP contribution in [0.2, 0.25) is 0 Å². The van der Waals surface area contributed by atoms with Gasteiger partial charge < -0.3 is 29.0 Å². The van der Waals surface area contributed by atoms with Gasteiger partial charge in [-0.2, -0.15) is 0 Å². The number of benzene rings is 3. The zero-order chi connectivity index (χ0) is 38.0. The maximum Gasteiger partial charge on any atom is 0.437 e. The predicted octanol–water partition coefficient (Wildman–Crippen LogP) is 9.60. The van der Waals surface area contributed by atoms with Crippen molar-refractivity contribution >= 4 is 29.8 Å². The third-order valence-electron chi connectivity index (χ3n) is 7.28. The number of carbonyl (C=O) groups excluding carboxylic acids is 3. The van der Waals surface area contributed by atoms with Crippen molar-refractivity contribution in [3.63, 3.8) is 0 Å². The Bertz CT molecular complexity index is 1580. The molecule has 0 fully saturated rings. The molecule has 11 nitrogen and oxygen atoms in total. The maximum atomic E-state index is 13.3. The second-order valence-electron chi connectivity index (χ2n) is 14.4. The molecule has 3 aromatic rings. The molecule has 0 aliphatic carbocycles. The first kappa shape index (κ1) is 41.5. The van der Waals surface area contributed by atoms with E-state index in [1.54, 1.807) is 59.7 Å². The normalized spacial score (nSPS) is 12.4. The number of guanidine groups is 1. The monoisotopic (exact) mass is 717 g/mol. The Balaban J connectivity index is 1.80. The molecular weight excluding hydrogens is 662 g/mol. The van der Waals surface area contributed by atoms with Crippen molar-refractivity contribution in [3.8, 4) is 5.75 Å². The smallest absolute Gasteiger partial charge is 0.437 e. The number of rotatable bonds is 16. The molecule has 3 aromatic carbocycles. The minimum Gasteiger partial charge on any atom is -0.493 e. The summed E-state index contributed by atoms with van der Waals surface area (Å²) < 4.78 is 28.9. The van der Waals surface area contributed by atoms with Crippen LogP contribution in [0.3, 0.4) is 0 Å². The van der Waals surface area contributed by atoms with E-state index in [4.69, 9.17) is 23.7 Å². The van der Waals surface area contributed by atoms with Crippen LogP contribution in [0.5, 0.6) is 5.75 Å². The number of unbranched alkanes of at least 4 members (excludes halogenated alkanes) is 2. The van der Waals surface area contributed by atoms with E-state index in [9.17, 15) is 14.4 Å². The van der Waals surface area contributed by atoms with Crippen LogP contribution in [-0.2, 0) is 32.2 Å². The highest BCUT2D eigenvalue weighted by molar-refractivity contribution is 6.06. The fourth-order valence-corrected chi connectivity index (χ4v) is 4.90. The van der Waals surface area contributed by atoms with E-state index in [1.165, 1.54) is 0 Å². The number of alkyl carbamates (subject to hydrolysis) is 1. The number of amides is 2. The molecule has 0 saturated carbocycles. The Morgan fingerprint density at radius 1 is 0.750 bits per heavy atom. The van der Waals surface area contributed by atoms with Crippen LogP contribution >= 0.6 is 0 Å². The number of esters is 1. The first-order chi connectivity index (χ1) is 24.7. The van der Waals surface area contributed by atoms with E-state index in [1.807, 2.05) is 48.5 Å². The van der Waals surface area contributed by atoms with Gasteiger partial charge in [0, 0.05) is 11.8 Å². The van der Waals surface area contributed by atoms with Crippen LogP contribution in [0.1, 0.15) is 108 Å². The van der Waals surface area contributed by atoms with Gasteiger partial charge in [0.1, 0.15) is 29.1 Å². The molecule has 0 aromatic heterocycles. The fourth-order valence-electron chi connectivity index (χ4n) is 4.90. The lowest BCUT2D eigenvalue weighted by Gasteiger charge is -2.21. The summed E-state index contributed by atoms with van der Waals surface area (Å²) in [5.74, 6) is -0.549. The molecule has 1 atom stereocenters. The van der Waals surface area contributed by atoms with Gasteiger partial charge in [-0.3, -0.25) is 5.32 Å². The molecule has 0 aliphatic rings. The number of anilines is 1. The molecule has 3 rings (SSSR count). The highest BCUT2D eigenvalue weighted by atomic mass is 16.6. The van der Waals surface area contributed by atoms with Crippen molar-refractivity contribution in [2.75, 3.05) is 11.9 Å². The van der Waals surface area contributed by atoms with Gasteiger partial charge in [0.15, 0.2) is 0 Å². The van der Waals surface area contributed by atoms with Crippen LogP contribution in [0.15, 0.2) is 83.9 Å². The highest BCUT2D eigenvalue weighted by Gasteiger charge is 2.22. The van der Waals surface area contributed by atoms with Crippen LogP contribution in [0.4, 0.5) is 15.3 Å². The first-order valence-electron chi connectivity index (χ1n) is 17.9. The quantitative estimate of drug-likeness (QED) is 0.0488. The third-order valence-corrected chi connectivity index (χ3v) is 7.28. The molecule has 282 valence electrons. The molecule has 1 unspecified atom stereocenters. The Hall–Kier alpha value is -4.90. The number of hydrogen-bond donors (Lipinski definition) is 2. The van der Waals surface area contributed by atoms with Crippen LogP contribution < -0.4 is 15.4 Å². The SMILES string of the molecule is CCCCCC(CCCOc1cc(N/C(=N/C(=O)OC(C)(C)C)NC(=O)OC(C)(C)C)ccc1C(=O)OCc1ccccc1)OCc1ccccc1. The van der Waals surface area contributed by atoms with Crippen molar-refractivity contribution in [3.05, 3.63) is 95.6 Å². The van der Waals surface area contributed by atoms with E-state index in [0.717, 1.165) is 43.2 Å². The minimum atomic E-state index is -0.924. The third kappa shape index (κ3) is 16.9. The lowest BCUT2D eigenvalue weighted by Crippen LogP contribution is -2.40. The first-order valence-corrected chi connectivity index (χ1v) is 17.9. The number of nitrogens with one attached hydrogen (secondary N) is 2. The molecule has 2 amide bonds. The molecule has 0 bridgehead atoms. The van der Waals surface area contributed by atoms with Crippen molar-refractivity contribution in [1.82, 2.24) is 5.32 Å². The molecule has 0 spiro atoms. The molecule has 2 N–H and O–H groups in total. The van der Waals surface area contributed by atoms with E-state index in [-0.39, 0.29) is 30.0 Å². The van der Waals surface area contributed by atoms with Gasteiger partial charge in [-0.05, 0) is 84.1 Å². The summed E-state index contributed by atoms with van der Waals surface area (Å²) in [6, 6.07) is 24.2. The van der Waals surface area contributed by atoms with E-state index in [0.29, 0.717) is 25.3 Å². The van der Waals surface area contributed by atoms with Crippen LogP contribution in [0.25, 0.3) is 0 Å². The zero-order valence-corrected chi connectivity index (χ0v) is 31.7. The zero-order valence-electron chi connectivity index (χ0n) is 31.7. The Kier molecular flexibility index (Phi) is 16.6. The Labute approximate surface area is 308 Å². The predicted molar refractivity (Wildman–Crippen MR) is 203 cm³/mol. The molecule has 0 aliphatic heterocycles.